The van der Waals surface area contributed by atoms with Crippen LogP contribution in [0.4, 0.5) is 4.79 Å². The molecule has 1 saturated carbocycles. The van der Waals surface area contributed by atoms with Crippen molar-refractivity contribution >= 4 is 29.3 Å². The van der Waals surface area contributed by atoms with Crippen molar-refractivity contribution in [2.75, 3.05) is 7.11 Å². The number of hydrogen-bond donors (Lipinski definition) is 3. The second kappa shape index (κ2) is 7.72. The maximum absolute atomic E-state index is 13.0. The van der Waals surface area contributed by atoms with E-state index in [1.54, 1.807) is 38.3 Å². The topological polar surface area (TPSA) is 82.7 Å². The monoisotopic (exact) mass is 390 g/mol. The van der Waals surface area contributed by atoms with Crippen molar-refractivity contribution < 1.29 is 14.3 Å². The standard InChI is InChI=1S/C19H26N4O3S/c1-12-7-4-5-10-15(12)20-17(27)22-23-16(24)19(2,21-18(23)25)13-8-6-9-14(11-13)26-3/h6,8-9,11-12,15H,4-5,7,10H2,1-3H3,(H,21,25)(H2,20,22,27)/t12-,15+,19+/m0/s1. The van der Waals surface area contributed by atoms with Crippen LogP contribution in [0.5, 0.6) is 5.75 Å². The van der Waals surface area contributed by atoms with Crippen LogP contribution in [-0.4, -0.2) is 35.2 Å². The van der Waals surface area contributed by atoms with E-state index < -0.39 is 17.5 Å². The van der Waals surface area contributed by atoms with Crippen molar-refractivity contribution in [2.45, 2.75) is 51.1 Å². The molecule has 0 unspecified atom stereocenters. The number of thiocarbonyl (C=S) groups is 1. The summed E-state index contributed by atoms with van der Waals surface area (Å²) in [5, 5.41) is 7.23. The molecule has 1 aromatic carbocycles. The Hall–Kier alpha value is -2.35. The smallest absolute Gasteiger partial charge is 0.344 e. The summed E-state index contributed by atoms with van der Waals surface area (Å²) in [6.07, 6.45) is 4.56. The normalized spacial score (nSPS) is 27.9. The summed E-state index contributed by atoms with van der Waals surface area (Å²) in [7, 11) is 1.56. The van der Waals surface area contributed by atoms with Crippen LogP contribution in [-0.2, 0) is 10.3 Å². The number of nitrogens with zero attached hydrogens (tertiary/aromatic N) is 1. The van der Waals surface area contributed by atoms with E-state index in [1.807, 2.05) is 0 Å². The lowest BCUT2D eigenvalue weighted by molar-refractivity contribution is -0.132. The minimum atomic E-state index is -1.19. The highest BCUT2D eigenvalue weighted by molar-refractivity contribution is 7.80. The van der Waals surface area contributed by atoms with E-state index in [2.05, 4.69) is 23.0 Å². The third-order valence-corrected chi connectivity index (χ3v) is 5.69. The predicted molar refractivity (Wildman–Crippen MR) is 106 cm³/mol. The first-order chi connectivity index (χ1) is 12.8. The van der Waals surface area contributed by atoms with Gasteiger partial charge in [0.25, 0.3) is 5.91 Å². The molecule has 3 amide bonds. The van der Waals surface area contributed by atoms with Gasteiger partial charge in [-0.25, -0.2) is 4.79 Å². The molecule has 27 heavy (non-hydrogen) atoms. The van der Waals surface area contributed by atoms with Gasteiger partial charge in [-0.2, -0.15) is 5.01 Å². The number of hydrogen-bond acceptors (Lipinski definition) is 4. The molecule has 7 nitrogen and oxygen atoms in total. The van der Waals surface area contributed by atoms with Gasteiger partial charge in [0, 0.05) is 6.04 Å². The minimum absolute atomic E-state index is 0.254. The van der Waals surface area contributed by atoms with Gasteiger partial charge in [0.1, 0.15) is 11.3 Å². The molecule has 3 rings (SSSR count). The average Bonchev–Trinajstić information content (AvgIpc) is 2.88. The molecule has 1 aromatic rings. The van der Waals surface area contributed by atoms with Gasteiger partial charge in [0.05, 0.1) is 7.11 Å². The Kier molecular flexibility index (Phi) is 5.55. The SMILES string of the molecule is COc1cccc([C@@]2(C)NC(=O)N(NC(=S)N[C@@H]3CCCC[C@@H]3C)C2=O)c1. The Labute approximate surface area is 164 Å². The maximum Gasteiger partial charge on any atom is 0.344 e. The Morgan fingerprint density at radius 2 is 2.07 bits per heavy atom. The third-order valence-electron chi connectivity index (χ3n) is 5.48. The van der Waals surface area contributed by atoms with E-state index in [0.29, 0.717) is 17.2 Å². The predicted octanol–water partition coefficient (Wildman–Crippen LogP) is 2.42. The first-order valence-electron chi connectivity index (χ1n) is 9.23. The highest BCUT2D eigenvalue weighted by atomic mass is 32.1. The summed E-state index contributed by atoms with van der Waals surface area (Å²) in [4.78, 5) is 25.4. The molecule has 0 aromatic heterocycles. The van der Waals surface area contributed by atoms with Crippen molar-refractivity contribution in [1.82, 2.24) is 21.1 Å². The summed E-state index contributed by atoms with van der Waals surface area (Å²) in [6, 6.07) is 6.81. The molecule has 0 bridgehead atoms. The van der Waals surface area contributed by atoms with Crippen LogP contribution >= 0.6 is 12.2 Å². The van der Waals surface area contributed by atoms with Gasteiger partial charge in [0.15, 0.2) is 5.11 Å². The zero-order chi connectivity index (χ0) is 19.6. The number of rotatable bonds is 4. The highest BCUT2D eigenvalue weighted by Crippen LogP contribution is 2.30. The molecular weight excluding hydrogens is 364 g/mol. The molecule has 3 N–H and O–H groups in total. The Bertz CT molecular complexity index is 756. The highest BCUT2D eigenvalue weighted by Gasteiger charge is 2.50. The number of urea groups is 1. The largest absolute Gasteiger partial charge is 0.497 e. The van der Waals surface area contributed by atoms with Crippen LogP contribution in [0, 0.1) is 5.92 Å². The zero-order valence-corrected chi connectivity index (χ0v) is 16.7. The number of amides is 3. The average molecular weight is 391 g/mol. The van der Waals surface area contributed by atoms with Crippen LogP contribution in [0.25, 0.3) is 0 Å². The lowest BCUT2D eigenvalue weighted by atomic mass is 9.86. The number of nitrogens with one attached hydrogen (secondary N) is 3. The van der Waals surface area contributed by atoms with Gasteiger partial charge in [-0.1, -0.05) is 31.9 Å². The zero-order valence-electron chi connectivity index (χ0n) is 15.9. The van der Waals surface area contributed by atoms with Crippen molar-refractivity contribution in [3.05, 3.63) is 29.8 Å². The van der Waals surface area contributed by atoms with Crippen molar-refractivity contribution in [3.8, 4) is 5.75 Å². The summed E-state index contributed by atoms with van der Waals surface area (Å²) in [6.45, 7) is 3.86. The van der Waals surface area contributed by atoms with Crippen LogP contribution < -0.4 is 20.8 Å². The molecule has 146 valence electrons. The van der Waals surface area contributed by atoms with Gasteiger partial charge < -0.3 is 15.4 Å². The molecule has 2 aliphatic rings. The molecule has 1 aliphatic carbocycles. The van der Waals surface area contributed by atoms with E-state index in [4.69, 9.17) is 17.0 Å². The molecule has 2 fully saturated rings. The van der Waals surface area contributed by atoms with Gasteiger partial charge >= 0.3 is 6.03 Å². The van der Waals surface area contributed by atoms with E-state index in [1.165, 1.54) is 6.42 Å². The Morgan fingerprint density at radius 1 is 1.33 bits per heavy atom. The number of ether oxygens (including phenoxy) is 1. The Morgan fingerprint density at radius 3 is 2.78 bits per heavy atom. The van der Waals surface area contributed by atoms with Crippen LogP contribution in [0.1, 0.15) is 45.1 Å². The van der Waals surface area contributed by atoms with Crippen molar-refractivity contribution in [3.63, 3.8) is 0 Å². The van der Waals surface area contributed by atoms with E-state index in [0.717, 1.165) is 24.3 Å². The van der Waals surface area contributed by atoms with E-state index in [9.17, 15) is 9.59 Å². The van der Waals surface area contributed by atoms with Crippen LogP contribution in [0.2, 0.25) is 0 Å². The lowest BCUT2D eigenvalue weighted by Gasteiger charge is -2.31. The minimum Gasteiger partial charge on any atom is -0.497 e. The van der Waals surface area contributed by atoms with Crippen molar-refractivity contribution in [1.29, 1.82) is 0 Å². The number of imide groups is 1. The number of methoxy groups -OCH3 is 1. The fourth-order valence-electron chi connectivity index (χ4n) is 3.70. The van der Waals surface area contributed by atoms with Crippen LogP contribution in [0.15, 0.2) is 24.3 Å². The fraction of sp³-hybridized carbons (Fsp3) is 0.526. The van der Waals surface area contributed by atoms with Gasteiger partial charge in [-0.15, -0.1) is 0 Å². The second-order valence-corrected chi connectivity index (χ2v) is 7.79. The molecule has 0 spiro atoms. The fourth-order valence-corrected chi connectivity index (χ4v) is 3.95. The number of benzene rings is 1. The molecule has 8 heteroatoms. The quantitative estimate of drug-likeness (QED) is 0.541. The van der Waals surface area contributed by atoms with Gasteiger partial charge in [0.2, 0.25) is 0 Å². The summed E-state index contributed by atoms with van der Waals surface area (Å²) in [5.41, 5.74) is 2.22. The Balaban J connectivity index is 1.71. The number of carbonyl (C=O) groups is 2. The third kappa shape index (κ3) is 3.85. The maximum atomic E-state index is 13.0. The number of hydrazine groups is 1. The van der Waals surface area contributed by atoms with Crippen LogP contribution in [0.3, 0.4) is 0 Å². The van der Waals surface area contributed by atoms with E-state index in [-0.39, 0.29) is 11.2 Å². The molecular formula is C19H26N4O3S. The molecule has 1 aliphatic heterocycles. The lowest BCUT2D eigenvalue weighted by Crippen LogP contribution is -2.54. The molecule has 1 saturated heterocycles. The number of carbonyl (C=O) groups excluding carboxylic acids is 2. The summed E-state index contributed by atoms with van der Waals surface area (Å²) >= 11 is 5.35. The second-order valence-electron chi connectivity index (χ2n) is 7.38. The summed E-state index contributed by atoms with van der Waals surface area (Å²) in [5.74, 6) is 0.705. The van der Waals surface area contributed by atoms with Gasteiger partial charge in [-0.3, -0.25) is 10.2 Å². The summed E-state index contributed by atoms with van der Waals surface area (Å²) < 4.78 is 5.22. The van der Waals surface area contributed by atoms with Crippen molar-refractivity contribution in [2.24, 2.45) is 5.92 Å². The molecule has 0 radical (unpaired) electrons. The van der Waals surface area contributed by atoms with E-state index >= 15 is 0 Å². The first kappa shape index (κ1) is 19.4. The molecule has 3 atom stereocenters. The first-order valence-corrected chi connectivity index (χ1v) is 9.64. The molecule has 1 heterocycles. The van der Waals surface area contributed by atoms with Gasteiger partial charge in [-0.05, 0) is 55.6 Å².